The second-order valence-electron chi connectivity index (χ2n) is 7.06. The number of rotatable bonds is 6. The van der Waals surface area contributed by atoms with Crippen LogP contribution in [0.4, 0.5) is 4.39 Å². The summed E-state index contributed by atoms with van der Waals surface area (Å²) in [5.74, 6) is 1.16. The Balaban J connectivity index is 0.00000182. The zero-order chi connectivity index (χ0) is 16.4. The van der Waals surface area contributed by atoms with E-state index in [1.807, 2.05) is 6.07 Å². The van der Waals surface area contributed by atoms with Gasteiger partial charge < -0.3 is 9.73 Å². The summed E-state index contributed by atoms with van der Waals surface area (Å²) in [5.41, 5.74) is 1.60. The van der Waals surface area contributed by atoms with Crippen LogP contribution in [-0.2, 0) is 6.54 Å². The van der Waals surface area contributed by atoms with Crippen LogP contribution in [0.25, 0.3) is 11.5 Å². The lowest BCUT2D eigenvalue weighted by Gasteiger charge is -2.31. The fourth-order valence-corrected chi connectivity index (χ4v) is 3.31. The van der Waals surface area contributed by atoms with Gasteiger partial charge in [0.2, 0.25) is 5.89 Å². The molecular weight excluding hydrogens is 341 g/mol. The largest absolute Gasteiger partial charge is 0.444 e. The van der Waals surface area contributed by atoms with Gasteiger partial charge in [0.05, 0.1) is 5.69 Å². The first-order valence-electron chi connectivity index (χ1n) is 8.92. The molecule has 1 saturated heterocycles. The molecule has 25 heavy (non-hydrogen) atoms. The van der Waals surface area contributed by atoms with Crippen molar-refractivity contribution >= 4 is 12.4 Å². The van der Waals surface area contributed by atoms with Crippen LogP contribution in [0.2, 0.25) is 0 Å². The predicted molar refractivity (Wildman–Crippen MR) is 98.2 cm³/mol. The monoisotopic (exact) mass is 365 g/mol. The van der Waals surface area contributed by atoms with Gasteiger partial charge in [0.25, 0.3) is 0 Å². The summed E-state index contributed by atoms with van der Waals surface area (Å²) in [6, 6.07) is 7.03. The van der Waals surface area contributed by atoms with Crippen LogP contribution in [0.1, 0.15) is 31.4 Å². The highest BCUT2D eigenvalue weighted by atomic mass is 35.5. The third kappa shape index (κ3) is 5.03. The summed E-state index contributed by atoms with van der Waals surface area (Å²) in [7, 11) is 0. The van der Waals surface area contributed by atoms with Gasteiger partial charge in [-0.2, -0.15) is 0 Å². The van der Waals surface area contributed by atoms with Crippen molar-refractivity contribution in [3.8, 4) is 11.5 Å². The van der Waals surface area contributed by atoms with Crippen LogP contribution in [0.3, 0.4) is 0 Å². The molecule has 0 atom stereocenters. The standard InChI is InChI=1S/C19H24FN3O.ClH/c20-16-3-1-2-15(10-16)19-22-18(13-24-19)12-23-8-6-17(7-9-23)21-11-14-4-5-14;/h1-3,10,13-14,17,21H,4-9,11-12H2;1H. The first-order valence-corrected chi connectivity index (χ1v) is 8.92. The topological polar surface area (TPSA) is 41.3 Å². The number of likely N-dealkylation sites (tertiary alicyclic amines) is 1. The van der Waals surface area contributed by atoms with E-state index >= 15 is 0 Å². The number of halogens is 2. The molecule has 1 N–H and O–H groups in total. The number of piperidine rings is 1. The van der Waals surface area contributed by atoms with Gasteiger partial charge in [0, 0.05) is 31.2 Å². The highest BCUT2D eigenvalue weighted by molar-refractivity contribution is 5.85. The molecule has 2 fully saturated rings. The van der Waals surface area contributed by atoms with E-state index in [2.05, 4.69) is 15.2 Å². The number of hydrogen-bond acceptors (Lipinski definition) is 4. The Morgan fingerprint density at radius 1 is 1.20 bits per heavy atom. The van der Waals surface area contributed by atoms with E-state index < -0.39 is 0 Å². The van der Waals surface area contributed by atoms with Crippen LogP contribution >= 0.6 is 12.4 Å². The third-order valence-electron chi connectivity index (χ3n) is 4.99. The van der Waals surface area contributed by atoms with Crippen molar-refractivity contribution in [1.29, 1.82) is 0 Å². The Hall–Kier alpha value is -1.43. The van der Waals surface area contributed by atoms with E-state index in [-0.39, 0.29) is 18.2 Å². The second kappa shape index (κ2) is 8.30. The molecule has 4 rings (SSSR count). The van der Waals surface area contributed by atoms with Crippen molar-refractivity contribution < 1.29 is 8.81 Å². The van der Waals surface area contributed by atoms with Gasteiger partial charge in [0.1, 0.15) is 12.1 Å². The van der Waals surface area contributed by atoms with Crippen molar-refractivity contribution in [2.24, 2.45) is 5.92 Å². The number of benzene rings is 1. The van der Waals surface area contributed by atoms with E-state index in [4.69, 9.17) is 4.42 Å². The minimum absolute atomic E-state index is 0. The summed E-state index contributed by atoms with van der Waals surface area (Å²) in [5, 5.41) is 3.70. The maximum atomic E-state index is 13.3. The molecule has 2 aliphatic rings. The number of nitrogens with one attached hydrogen (secondary N) is 1. The predicted octanol–water partition coefficient (Wildman–Crippen LogP) is 3.87. The van der Waals surface area contributed by atoms with Gasteiger partial charge in [-0.25, -0.2) is 9.37 Å². The molecule has 6 heteroatoms. The van der Waals surface area contributed by atoms with Gasteiger partial charge in [-0.15, -0.1) is 12.4 Å². The fourth-order valence-electron chi connectivity index (χ4n) is 3.31. The lowest BCUT2D eigenvalue weighted by molar-refractivity contribution is 0.188. The molecule has 0 amide bonds. The Morgan fingerprint density at radius 2 is 2.00 bits per heavy atom. The first kappa shape index (κ1) is 18.4. The molecular formula is C19H25ClFN3O. The van der Waals surface area contributed by atoms with E-state index in [0.717, 1.165) is 31.2 Å². The minimum atomic E-state index is -0.270. The first-order chi connectivity index (χ1) is 11.8. The number of hydrogen-bond donors (Lipinski definition) is 1. The van der Waals surface area contributed by atoms with Gasteiger partial charge in [-0.3, -0.25) is 4.90 Å². The van der Waals surface area contributed by atoms with E-state index in [0.29, 0.717) is 17.5 Å². The summed E-state index contributed by atoms with van der Waals surface area (Å²) in [4.78, 5) is 6.93. The molecule has 2 heterocycles. The Morgan fingerprint density at radius 3 is 2.72 bits per heavy atom. The summed E-state index contributed by atoms with van der Waals surface area (Å²) >= 11 is 0. The quantitative estimate of drug-likeness (QED) is 0.843. The average Bonchev–Trinajstić information content (AvgIpc) is 3.31. The van der Waals surface area contributed by atoms with Crippen LogP contribution in [0.5, 0.6) is 0 Å². The molecule has 0 unspecified atom stereocenters. The van der Waals surface area contributed by atoms with Crippen molar-refractivity contribution in [2.45, 2.75) is 38.3 Å². The smallest absolute Gasteiger partial charge is 0.226 e. The Labute approximate surface area is 154 Å². The van der Waals surface area contributed by atoms with Crippen LogP contribution < -0.4 is 5.32 Å². The van der Waals surface area contributed by atoms with Crippen LogP contribution in [0.15, 0.2) is 34.9 Å². The van der Waals surface area contributed by atoms with E-state index in [9.17, 15) is 4.39 Å². The molecule has 1 aromatic carbocycles. The zero-order valence-corrected chi connectivity index (χ0v) is 15.1. The normalized spacial score (nSPS) is 18.9. The average molecular weight is 366 g/mol. The summed E-state index contributed by atoms with van der Waals surface area (Å²) < 4.78 is 18.8. The molecule has 136 valence electrons. The molecule has 0 bridgehead atoms. The Kier molecular flexibility index (Phi) is 6.10. The molecule has 1 aliphatic carbocycles. The number of nitrogens with zero attached hydrogens (tertiary/aromatic N) is 2. The Bertz CT molecular complexity index is 681. The molecule has 1 aliphatic heterocycles. The molecule has 1 aromatic heterocycles. The molecule has 4 nitrogen and oxygen atoms in total. The van der Waals surface area contributed by atoms with Crippen molar-refractivity contribution in [3.63, 3.8) is 0 Å². The lowest BCUT2D eigenvalue weighted by Crippen LogP contribution is -2.42. The number of aromatic nitrogens is 1. The summed E-state index contributed by atoms with van der Waals surface area (Å²) in [6.07, 6.45) is 6.90. The minimum Gasteiger partial charge on any atom is -0.444 e. The zero-order valence-electron chi connectivity index (χ0n) is 14.3. The molecule has 0 radical (unpaired) electrons. The molecule has 1 saturated carbocycles. The SMILES string of the molecule is Cl.Fc1cccc(-c2nc(CN3CCC(NCC4CC4)CC3)co2)c1. The number of oxazole rings is 1. The molecule has 2 aromatic rings. The van der Waals surface area contributed by atoms with Gasteiger partial charge in [0.15, 0.2) is 0 Å². The fraction of sp³-hybridized carbons (Fsp3) is 0.526. The lowest BCUT2D eigenvalue weighted by atomic mass is 10.0. The van der Waals surface area contributed by atoms with Crippen LogP contribution in [-0.4, -0.2) is 35.6 Å². The van der Waals surface area contributed by atoms with E-state index in [1.54, 1.807) is 12.3 Å². The van der Waals surface area contributed by atoms with Crippen molar-refractivity contribution in [2.75, 3.05) is 19.6 Å². The highest BCUT2D eigenvalue weighted by Crippen LogP contribution is 2.28. The maximum absolute atomic E-state index is 13.3. The van der Waals surface area contributed by atoms with Gasteiger partial charge in [-0.1, -0.05) is 6.07 Å². The van der Waals surface area contributed by atoms with Gasteiger partial charge in [-0.05, 0) is 56.3 Å². The maximum Gasteiger partial charge on any atom is 0.226 e. The third-order valence-corrected chi connectivity index (χ3v) is 4.99. The highest BCUT2D eigenvalue weighted by Gasteiger charge is 2.24. The summed E-state index contributed by atoms with van der Waals surface area (Å²) in [6.45, 7) is 4.17. The van der Waals surface area contributed by atoms with Crippen molar-refractivity contribution in [1.82, 2.24) is 15.2 Å². The van der Waals surface area contributed by atoms with Crippen molar-refractivity contribution in [3.05, 3.63) is 42.0 Å². The van der Waals surface area contributed by atoms with Crippen LogP contribution in [0, 0.1) is 11.7 Å². The second-order valence-corrected chi connectivity index (χ2v) is 7.06. The van der Waals surface area contributed by atoms with E-state index in [1.165, 1.54) is 44.4 Å². The molecule has 0 spiro atoms. The van der Waals surface area contributed by atoms with Gasteiger partial charge >= 0.3 is 0 Å².